The van der Waals surface area contributed by atoms with Crippen LogP contribution in [0.4, 0.5) is 5.69 Å². The Morgan fingerprint density at radius 1 is 1.00 bits per heavy atom. The lowest BCUT2D eigenvalue weighted by atomic mass is 10.1. The van der Waals surface area contributed by atoms with Crippen LogP contribution in [0.2, 0.25) is 0 Å². The van der Waals surface area contributed by atoms with Gasteiger partial charge in [0.1, 0.15) is 11.4 Å². The molecule has 6 nitrogen and oxygen atoms in total. The van der Waals surface area contributed by atoms with Crippen LogP contribution in [0, 0.1) is 0 Å². The molecule has 0 bridgehead atoms. The van der Waals surface area contributed by atoms with E-state index in [1.807, 2.05) is 56.3 Å². The molecule has 148 valence electrons. The fourth-order valence-electron chi connectivity index (χ4n) is 2.84. The van der Waals surface area contributed by atoms with Gasteiger partial charge in [0, 0.05) is 11.8 Å². The van der Waals surface area contributed by atoms with E-state index in [0.717, 1.165) is 5.56 Å². The molecule has 0 saturated heterocycles. The van der Waals surface area contributed by atoms with Crippen molar-refractivity contribution in [3.8, 4) is 5.75 Å². The molecule has 2 amide bonds. The molecular weight excluding hydrogens is 366 g/mol. The van der Waals surface area contributed by atoms with Crippen LogP contribution in [-0.2, 0) is 0 Å². The number of carbonyl (C=O) groups excluding carboxylic acids is 2. The molecule has 0 aliphatic rings. The summed E-state index contributed by atoms with van der Waals surface area (Å²) in [6, 6.07) is 19.7. The maximum absolute atomic E-state index is 12.7. The number of amides is 2. The quantitative estimate of drug-likeness (QED) is 0.634. The molecule has 0 saturated carbocycles. The van der Waals surface area contributed by atoms with E-state index in [-0.39, 0.29) is 23.6 Å². The van der Waals surface area contributed by atoms with E-state index >= 15 is 0 Å². The molecule has 2 aromatic carbocycles. The third-order valence-corrected chi connectivity index (χ3v) is 4.34. The lowest BCUT2D eigenvalue weighted by molar-refractivity contribution is 0.0935. The first-order valence-electron chi connectivity index (χ1n) is 9.43. The first-order chi connectivity index (χ1) is 14.1. The molecule has 0 aliphatic heterocycles. The monoisotopic (exact) mass is 389 g/mol. The van der Waals surface area contributed by atoms with E-state index in [9.17, 15) is 9.59 Å². The molecule has 1 unspecified atom stereocenters. The fraction of sp³-hybridized carbons (Fsp3) is 0.174. The summed E-state index contributed by atoms with van der Waals surface area (Å²) in [5, 5.41) is 5.72. The van der Waals surface area contributed by atoms with Gasteiger partial charge < -0.3 is 15.4 Å². The van der Waals surface area contributed by atoms with Gasteiger partial charge in [-0.05, 0) is 43.7 Å². The highest BCUT2D eigenvalue weighted by molar-refractivity contribution is 6.06. The minimum atomic E-state index is -0.343. The van der Waals surface area contributed by atoms with Gasteiger partial charge in [0.15, 0.2) is 0 Å². The number of nitrogens with zero attached hydrogens (tertiary/aromatic N) is 1. The predicted octanol–water partition coefficient (Wildman–Crippen LogP) is 4.22. The first-order valence-corrected chi connectivity index (χ1v) is 9.43. The van der Waals surface area contributed by atoms with Crippen molar-refractivity contribution >= 4 is 17.5 Å². The van der Waals surface area contributed by atoms with Crippen molar-refractivity contribution in [2.24, 2.45) is 0 Å². The second-order valence-corrected chi connectivity index (χ2v) is 6.42. The highest BCUT2D eigenvalue weighted by atomic mass is 16.5. The minimum absolute atomic E-state index is 0.179. The molecule has 0 spiro atoms. The summed E-state index contributed by atoms with van der Waals surface area (Å²) < 4.78 is 5.53. The molecule has 0 fully saturated rings. The van der Waals surface area contributed by atoms with Gasteiger partial charge in [0.2, 0.25) is 0 Å². The highest BCUT2D eigenvalue weighted by Crippen LogP contribution is 2.24. The second kappa shape index (κ2) is 9.50. The summed E-state index contributed by atoms with van der Waals surface area (Å²) >= 11 is 0. The Balaban J connectivity index is 1.72. The van der Waals surface area contributed by atoms with Gasteiger partial charge in [-0.3, -0.25) is 14.6 Å². The van der Waals surface area contributed by atoms with Crippen molar-refractivity contribution in [1.82, 2.24) is 10.3 Å². The van der Waals surface area contributed by atoms with Crippen LogP contribution in [0.25, 0.3) is 0 Å². The van der Waals surface area contributed by atoms with Crippen molar-refractivity contribution in [2.75, 3.05) is 11.9 Å². The number of nitrogens with one attached hydrogen (secondary N) is 2. The predicted molar refractivity (Wildman–Crippen MR) is 112 cm³/mol. The van der Waals surface area contributed by atoms with Crippen molar-refractivity contribution in [1.29, 1.82) is 0 Å². The van der Waals surface area contributed by atoms with E-state index in [2.05, 4.69) is 15.6 Å². The number of para-hydroxylation sites is 2. The van der Waals surface area contributed by atoms with Crippen LogP contribution in [0.15, 0.2) is 72.9 Å². The Morgan fingerprint density at radius 3 is 2.48 bits per heavy atom. The van der Waals surface area contributed by atoms with Crippen LogP contribution < -0.4 is 15.4 Å². The molecule has 6 heteroatoms. The lowest BCUT2D eigenvalue weighted by Crippen LogP contribution is -2.27. The van der Waals surface area contributed by atoms with Crippen molar-refractivity contribution < 1.29 is 14.3 Å². The molecule has 1 aromatic heterocycles. The zero-order valence-corrected chi connectivity index (χ0v) is 16.4. The topological polar surface area (TPSA) is 80.3 Å². The summed E-state index contributed by atoms with van der Waals surface area (Å²) in [7, 11) is 0. The van der Waals surface area contributed by atoms with Gasteiger partial charge in [-0.15, -0.1) is 0 Å². The van der Waals surface area contributed by atoms with Crippen LogP contribution in [0.1, 0.15) is 46.3 Å². The molecule has 3 aromatic rings. The summed E-state index contributed by atoms with van der Waals surface area (Å²) in [5.74, 6) is -0.0949. The number of anilines is 1. The van der Waals surface area contributed by atoms with Crippen LogP contribution in [0.5, 0.6) is 5.75 Å². The summed E-state index contributed by atoms with van der Waals surface area (Å²) in [6.07, 6.45) is 1.45. The summed E-state index contributed by atoms with van der Waals surface area (Å²) in [4.78, 5) is 29.3. The third kappa shape index (κ3) is 5.19. The molecule has 29 heavy (non-hydrogen) atoms. The smallest absolute Gasteiger partial charge is 0.270 e. The largest absolute Gasteiger partial charge is 0.492 e. The number of aromatic nitrogens is 1. The molecule has 0 radical (unpaired) electrons. The number of benzene rings is 2. The van der Waals surface area contributed by atoms with Crippen molar-refractivity contribution in [3.05, 3.63) is 89.7 Å². The average Bonchev–Trinajstić information content (AvgIpc) is 2.76. The number of rotatable bonds is 7. The van der Waals surface area contributed by atoms with Crippen molar-refractivity contribution in [2.45, 2.75) is 19.9 Å². The van der Waals surface area contributed by atoms with Gasteiger partial charge in [-0.2, -0.15) is 0 Å². The molecular formula is C23H23N3O3. The Morgan fingerprint density at radius 2 is 1.72 bits per heavy atom. The number of hydrogen-bond donors (Lipinski definition) is 2. The third-order valence-electron chi connectivity index (χ3n) is 4.34. The maximum atomic E-state index is 12.7. The first kappa shape index (κ1) is 20.1. The second-order valence-electron chi connectivity index (χ2n) is 6.42. The minimum Gasteiger partial charge on any atom is -0.492 e. The van der Waals surface area contributed by atoms with Gasteiger partial charge in [0.25, 0.3) is 11.8 Å². The SMILES string of the molecule is CCOc1ccccc1NC(=O)c1ccnc(C(=O)NC(C)c2ccccc2)c1. The summed E-state index contributed by atoms with van der Waals surface area (Å²) in [5.41, 5.74) is 2.07. The van der Waals surface area contributed by atoms with Gasteiger partial charge in [0.05, 0.1) is 18.3 Å². The highest BCUT2D eigenvalue weighted by Gasteiger charge is 2.16. The maximum Gasteiger partial charge on any atom is 0.270 e. The average molecular weight is 389 g/mol. The molecule has 1 atom stereocenters. The number of hydrogen-bond acceptors (Lipinski definition) is 4. The Labute approximate surface area is 169 Å². The number of ether oxygens (including phenoxy) is 1. The number of carbonyl (C=O) groups is 2. The normalized spacial score (nSPS) is 11.4. The Bertz CT molecular complexity index is 989. The number of pyridine rings is 1. The van der Waals surface area contributed by atoms with Gasteiger partial charge in [-0.25, -0.2) is 0 Å². The molecule has 2 N–H and O–H groups in total. The zero-order valence-electron chi connectivity index (χ0n) is 16.4. The van der Waals surface area contributed by atoms with Gasteiger partial charge >= 0.3 is 0 Å². The standard InChI is InChI=1S/C23H23N3O3/c1-3-29-21-12-8-7-11-19(21)26-22(27)18-13-14-24-20(15-18)23(28)25-16(2)17-9-5-4-6-10-17/h4-16H,3H2,1-2H3,(H,25,28)(H,26,27). The zero-order chi connectivity index (χ0) is 20.6. The van der Waals surface area contributed by atoms with Crippen LogP contribution in [0.3, 0.4) is 0 Å². The van der Waals surface area contributed by atoms with E-state index in [0.29, 0.717) is 23.6 Å². The fourth-order valence-corrected chi connectivity index (χ4v) is 2.84. The Hall–Kier alpha value is -3.67. The van der Waals surface area contributed by atoms with E-state index in [1.165, 1.54) is 12.3 Å². The van der Waals surface area contributed by atoms with Crippen molar-refractivity contribution in [3.63, 3.8) is 0 Å². The lowest BCUT2D eigenvalue weighted by Gasteiger charge is -2.14. The summed E-state index contributed by atoms with van der Waals surface area (Å²) in [6.45, 7) is 4.27. The van der Waals surface area contributed by atoms with Crippen LogP contribution >= 0.6 is 0 Å². The van der Waals surface area contributed by atoms with Crippen LogP contribution in [-0.4, -0.2) is 23.4 Å². The van der Waals surface area contributed by atoms with Gasteiger partial charge in [-0.1, -0.05) is 42.5 Å². The Kier molecular flexibility index (Phi) is 6.58. The van der Waals surface area contributed by atoms with E-state index in [1.54, 1.807) is 18.2 Å². The molecule has 3 rings (SSSR count). The van der Waals surface area contributed by atoms with E-state index in [4.69, 9.17) is 4.74 Å². The molecule has 1 heterocycles. The molecule has 0 aliphatic carbocycles. The van der Waals surface area contributed by atoms with E-state index < -0.39 is 0 Å².